The summed E-state index contributed by atoms with van der Waals surface area (Å²) in [6, 6.07) is 7.85. The van der Waals surface area contributed by atoms with Crippen LogP contribution in [0.15, 0.2) is 46.4 Å². The minimum absolute atomic E-state index is 0.00597. The maximum atomic E-state index is 13.7. The molecule has 1 aliphatic rings. The van der Waals surface area contributed by atoms with Gasteiger partial charge in [0.2, 0.25) is 11.8 Å². The Bertz CT molecular complexity index is 1320. The zero-order valence-electron chi connectivity index (χ0n) is 16.8. The number of nitrogens with one attached hydrogen (secondary N) is 1. The fraction of sp³-hybridized carbons (Fsp3) is 0.238. The Hall–Kier alpha value is -3.25. The number of thiazole rings is 1. The van der Waals surface area contributed by atoms with Crippen LogP contribution < -0.4 is 5.32 Å². The summed E-state index contributed by atoms with van der Waals surface area (Å²) in [7, 11) is 0. The molecule has 1 fully saturated rings. The van der Waals surface area contributed by atoms with Crippen LogP contribution in [-0.4, -0.2) is 33.2 Å². The molecule has 0 aliphatic carbocycles. The van der Waals surface area contributed by atoms with Gasteiger partial charge in [0.1, 0.15) is 5.76 Å². The molecule has 0 saturated carbocycles. The molecule has 4 aromatic rings. The second kappa shape index (κ2) is 8.27. The van der Waals surface area contributed by atoms with Gasteiger partial charge in [0.05, 0.1) is 39.6 Å². The molecule has 0 radical (unpaired) electrons. The molecular formula is C21H15F3N4O3S2. The fourth-order valence-electron chi connectivity index (χ4n) is 3.63. The number of fused-ring (bicyclic) bond motifs is 1. The van der Waals surface area contributed by atoms with E-state index in [4.69, 9.17) is 4.42 Å². The minimum Gasteiger partial charge on any atom is -0.467 e. The van der Waals surface area contributed by atoms with E-state index in [9.17, 15) is 22.8 Å². The van der Waals surface area contributed by atoms with Gasteiger partial charge in [-0.2, -0.15) is 18.2 Å². The van der Waals surface area contributed by atoms with E-state index >= 15 is 0 Å². The lowest BCUT2D eigenvalue weighted by Gasteiger charge is -2.14. The van der Waals surface area contributed by atoms with E-state index in [1.54, 1.807) is 29.6 Å². The number of rotatable bonds is 5. The van der Waals surface area contributed by atoms with Crippen molar-refractivity contribution in [2.45, 2.75) is 19.1 Å². The van der Waals surface area contributed by atoms with Crippen LogP contribution in [-0.2, 0) is 22.3 Å². The van der Waals surface area contributed by atoms with Gasteiger partial charge in [0.25, 0.3) is 0 Å². The summed E-state index contributed by atoms with van der Waals surface area (Å²) < 4.78 is 46.2. The fourth-order valence-corrected chi connectivity index (χ4v) is 5.26. The standard InChI is InChI=1S/C21H15F3N4O3S2/c22-21(23,24)13-8-14(15-4-2-6-32-15)25-18-17(13)33-20(26-18)27-19(30)11-7-16(29)28(9-11)10-12-3-1-5-31-12/h1-6,8,11H,7,9-10H2,(H,25,26,27,30)/t11-/m1/s1. The second-order valence-corrected chi connectivity index (χ2v) is 9.39. The molecule has 0 bridgehead atoms. The van der Waals surface area contributed by atoms with Crippen molar-refractivity contribution in [1.29, 1.82) is 0 Å². The van der Waals surface area contributed by atoms with Crippen LogP contribution >= 0.6 is 22.7 Å². The molecule has 170 valence electrons. The summed E-state index contributed by atoms with van der Waals surface area (Å²) in [5.41, 5.74) is -0.770. The van der Waals surface area contributed by atoms with E-state index in [-0.39, 0.29) is 46.6 Å². The first-order valence-electron chi connectivity index (χ1n) is 9.81. The first-order valence-corrected chi connectivity index (χ1v) is 11.5. The molecule has 0 spiro atoms. The molecule has 1 N–H and O–H groups in total. The number of nitrogens with zero attached hydrogens (tertiary/aromatic N) is 3. The number of furan rings is 1. The van der Waals surface area contributed by atoms with Gasteiger partial charge in [-0.3, -0.25) is 9.59 Å². The number of anilines is 1. The Morgan fingerprint density at radius 1 is 1.27 bits per heavy atom. The van der Waals surface area contributed by atoms with E-state index in [0.29, 0.717) is 22.0 Å². The Morgan fingerprint density at radius 2 is 2.12 bits per heavy atom. The monoisotopic (exact) mass is 492 g/mol. The number of aromatic nitrogens is 2. The number of amides is 2. The van der Waals surface area contributed by atoms with Gasteiger partial charge in [-0.15, -0.1) is 11.3 Å². The SMILES string of the molecule is O=C(Nc1nc2nc(-c3cccs3)cc(C(F)(F)F)c2s1)[C@@H]1CC(=O)N(Cc2ccco2)C1. The van der Waals surface area contributed by atoms with Gasteiger partial charge >= 0.3 is 6.18 Å². The Labute approximate surface area is 192 Å². The van der Waals surface area contributed by atoms with Crippen LogP contribution in [0.3, 0.4) is 0 Å². The highest BCUT2D eigenvalue weighted by atomic mass is 32.1. The predicted molar refractivity (Wildman–Crippen MR) is 117 cm³/mol. The molecule has 4 aromatic heterocycles. The molecule has 5 heterocycles. The van der Waals surface area contributed by atoms with Crippen molar-refractivity contribution >= 4 is 50.0 Å². The highest BCUT2D eigenvalue weighted by Crippen LogP contribution is 2.41. The minimum atomic E-state index is -4.61. The first kappa shape index (κ1) is 21.6. The molecule has 0 aromatic carbocycles. The summed E-state index contributed by atoms with van der Waals surface area (Å²) in [5, 5.41) is 4.32. The number of likely N-dealkylation sites (tertiary alicyclic amines) is 1. The largest absolute Gasteiger partial charge is 0.467 e. The molecule has 1 saturated heterocycles. The molecule has 1 atom stereocenters. The summed E-state index contributed by atoms with van der Waals surface area (Å²) in [4.78, 5) is 35.5. The molecule has 33 heavy (non-hydrogen) atoms. The highest BCUT2D eigenvalue weighted by molar-refractivity contribution is 7.22. The molecule has 12 heteroatoms. The third-order valence-electron chi connectivity index (χ3n) is 5.18. The zero-order chi connectivity index (χ0) is 23.2. The molecule has 1 aliphatic heterocycles. The second-order valence-electron chi connectivity index (χ2n) is 7.45. The van der Waals surface area contributed by atoms with Gasteiger partial charge in [-0.25, -0.2) is 4.98 Å². The average Bonchev–Trinajstić information content (AvgIpc) is 3.55. The Balaban J connectivity index is 1.38. The van der Waals surface area contributed by atoms with E-state index in [1.165, 1.54) is 22.5 Å². The van der Waals surface area contributed by atoms with E-state index in [0.717, 1.165) is 6.07 Å². The van der Waals surface area contributed by atoms with Gasteiger partial charge in [0, 0.05) is 13.0 Å². The molecule has 0 unspecified atom stereocenters. The van der Waals surface area contributed by atoms with Crippen molar-refractivity contribution in [3.8, 4) is 10.6 Å². The summed E-state index contributed by atoms with van der Waals surface area (Å²) >= 11 is 1.99. The predicted octanol–water partition coefficient (Wildman–Crippen LogP) is 5.02. The normalized spacial score (nSPS) is 16.6. The van der Waals surface area contributed by atoms with Crippen molar-refractivity contribution in [2.24, 2.45) is 5.92 Å². The maximum absolute atomic E-state index is 13.7. The Morgan fingerprint density at radius 3 is 2.82 bits per heavy atom. The van der Waals surface area contributed by atoms with Crippen LogP contribution in [0.1, 0.15) is 17.7 Å². The summed E-state index contributed by atoms with van der Waals surface area (Å²) in [6.07, 6.45) is -3.10. The van der Waals surface area contributed by atoms with Crippen molar-refractivity contribution in [1.82, 2.24) is 14.9 Å². The van der Waals surface area contributed by atoms with Crippen molar-refractivity contribution in [3.05, 3.63) is 53.3 Å². The van der Waals surface area contributed by atoms with Gasteiger partial charge in [-0.1, -0.05) is 17.4 Å². The number of halogens is 3. The van der Waals surface area contributed by atoms with Gasteiger partial charge in [0.15, 0.2) is 10.8 Å². The van der Waals surface area contributed by atoms with E-state index in [1.807, 2.05) is 0 Å². The smallest absolute Gasteiger partial charge is 0.417 e. The highest BCUT2D eigenvalue weighted by Gasteiger charge is 2.37. The van der Waals surface area contributed by atoms with Gasteiger partial charge in [-0.05, 0) is 29.6 Å². The van der Waals surface area contributed by atoms with Gasteiger partial charge < -0.3 is 14.6 Å². The quantitative estimate of drug-likeness (QED) is 0.423. The van der Waals surface area contributed by atoms with E-state index in [2.05, 4.69) is 15.3 Å². The third-order valence-corrected chi connectivity index (χ3v) is 7.07. The number of hydrogen-bond acceptors (Lipinski definition) is 7. The van der Waals surface area contributed by atoms with Crippen LogP contribution in [0.2, 0.25) is 0 Å². The number of pyridine rings is 1. The number of carbonyl (C=O) groups excluding carboxylic acids is 2. The summed E-state index contributed by atoms with van der Waals surface area (Å²) in [5.74, 6) is -0.715. The van der Waals surface area contributed by atoms with Crippen LogP contribution in [0.4, 0.5) is 18.3 Å². The third kappa shape index (κ3) is 4.35. The van der Waals surface area contributed by atoms with Crippen molar-refractivity contribution in [3.63, 3.8) is 0 Å². The topological polar surface area (TPSA) is 88.3 Å². The lowest BCUT2D eigenvalue weighted by Crippen LogP contribution is -2.27. The molecule has 2 amide bonds. The zero-order valence-corrected chi connectivity index (χ0v) is 18.4. The number of thiophene rings is 1. The number of hydrogen-bond donors (Lipinski definition) is 1. The average molecular weight is 493 g/mol. The molecular weight excluding hydrogens is 477 g/mol. The van der Waals surface area contributed by atoms with Crippen LogP contribution in [0.25, 0.3) is 20.9 Å². The van der Waals surface area contributed by atoms with Crippen molar-refractivity contribution in [2.75, 3.05) is 11.9 Å². The van der Waals surface area contributed by atoms with Crippen LogP contribution in [0.5, 0.6) is 0 Å². The molecule has 7 nitrogen and oxygen atoms in total. The molecule has 5 rings (SSSR count). The number of carbonyl (C=O) groups is 2. The lowest BCUT2D eigenvalue weighted by molar-refractivity contribution is -0.136. The maximum Gasteiger partial charge on any atom is 0.417 e. The number of alkyl halides is 3. The van der Waals surface area contributed by atoms with E-state index < -0.39 is 23.6 Å². The lowest BCUT2D eigenvalue weighted by atomic mass is 10.1. The Kier molecular flexibility index (Phi) is 5.41. The van der Waals surface area contributed by atoms with Crippen molar-refractivity contribution < 1.29 is 27.2 Å². The van der Waals surface area contributed by atoms with Crippen LogP contribution in [0, 0.1) is 5.92 Å². The summed E-state index contributed by atoms with van der Waals surface area (Å²) in [6.45, 7) is 0.436. The first-order chi connectivity index (χ1) is 15.8.